The fourth-order valence-corrected chi connectivity index (χ4v) is 9.41. The van der Waals surface area contributed by atoms with Gasteiger partial charge >= 0.3 is 0 Å². The van der Waals surface area contributed by atoms with Gasteiger partial charge in [-0.25, -0.2) is 16.8 Å². The van der Waals surface area contributed by atoms with E-state index in [2.05, 4.69) is 10.0 Å². The number of sulfonamides is 2. The van der Waals surface area contributed by atoms with Gasteiger partial charge in [0, 0.05) is 38.4 Å². The van der Waals surface area contributed by atoms with Crippen molar-refractivity contribution in [2.45, 2.75) is 93.0 Å². The predicted molar refractivity (Wildman–Crippen MR) is 140 cm³/mol. The van der Waals surface area contributed by atoms with Gasteiger partial charge in [0.05, 0.1) is 11.6 Å². The molecular weight excluding hydrogens is 526 g/mol. The topological polar surface area (TPSA) is 131 Å². The third-order valence-corrected chi connectivity index (χ3v) is 12.1. The zero-order valence-corrected chi connectivity index (χ0v) is 24.7. The lowest BCUT2D eigenvalue weighted by molar-refractivity contribution is -0.138. The number of carbonyl (C=O) groups excluding carboxylic acids is 1. The maximum atomic E-state index is 13.5. The Morgan fingerprint density at radius 1 is 1.31 bits per heavy atom. The summed E-state index contributed by atoms with van der Waals surface area (Å²) in [4.78, 5) is 13.2. The highest BCUT2D eigenvalue weighted by molar-refractivity contribution is 7.94. The number of Topliss-reactive ketones (excluding diaryl/α,β-unsaturated/α-hetero) is 1. The summed E-state index contributed by atoms with van der Waals surface area (Å²) < 4.78 is 68.2. The van der Waals surface area contributed by atoms with Crippen molar-refractivity contribution in [2.75, 3.05) is 33.4 Å². The van der Waals surface area contributed by atoms with Gasteiger partial charge in [-0.1, -0.05) is 20.8 Å². The van der Waals surface area contributed by atoms with Crippen molar-refractivity contribution < 1.29 is 31.1 Å². The molecule has 1 aromatic heterocycles. The van der Waals surface area contributed by atoms with Gasteiger partial charge in [-0.3, -0.25) is 4.79 Å². The zero-order valence-electron chi connectivity index (χ0n) is 22.3. The minimum atomic E-state index is -4.20. The number of nitrogens with zero attached hydrogens (tertiary/aromatic N) is 1. The minimum Gasteiger partial charge on any atom is -0.385 e. The number of ether oxygens (including phenoxy) is 2. The van der Waals surface area contributed by atoms with Gasteiger partial charge in [-0.15, -0.1) is 11.3 Å². The number of hydrogen-bond donors (Lipinski definition) is 2. The highest BCUT2D eigenvalue weighted by atomic mass is 32.3. The van der Waals surface area contributed by atoms with Crippen LogP contribution in [0, 0.1) is 0 Å². The van der Waals surface area contributed by atoms with Crippen molar-refractivity contribution in [1.82, 2.24) is 14.3 Å². The van der Waals surface area contributed by atoms with Crippen LogP contribution in [-0.2, 0) is 34.3 Å². The molecule has 0 radical (unpaired) electrons. The molecule has 2 heterocycles. The lowest BCUT2D eigenvalue weighted by Crippen LogP contribution is -2.55. The van der Waals surface area contributed by atoms with Crippen molar-refractivity contribution in [2.24, 2.45) is 0 Å². The van der Waals surface area contributed by atoms with Crippen molar-refractivity contribution >= 4 is 37.2 Å². The average Bonchev–Trinajstić information content (AvgIpc) is 3.29. The molecule has 36 heavy (non-hydrogen) atoms. The van der Waals surface area contributed by atoms with Gasteiger partial charge in [0.1, 0.15) is 14.5 Å². The van der Waals surface area contributed by atoms with E-state index in [1.54, 1.807) is 21.0 Å². The highest BCUT2D eigenvalue weighted by Gasteiger charge is 2.43. The first-order valence-corrected chi connectivity index (χ1v) is 16.1. The SMILES string of the molecule is CCN[C@H]1CN(CCCOC)S(=O)(=O)c2sc(S(=O)(=O)NC(C)(CC)C(=O)[C@H](C)OC(C)CC)cc21. The van der Waals surface area contributed by atoms with Crippen LogP contribution in [0.5, 0.6) is 0 Å². The Hall–Kier alpha value is -0.930. The number of carbonyl (C=O) groups is 1. The van der Waals surface area contributed by atoms with Crippen LogP contribution in [-0.4, -0.2) is 78.0 Å². The van der Waals surface area contributed by atoms with E-state index in [-0.39, 0.29) is 45.9 Å². The first-order chi connectivity index (χ1) is 16.8. The molecule has 1 aliphatic heterocycles. The van der Waals surface area contributed by atoms with Gasteiger partial charge < -0.3 is 14.8 Å². The number of nitrogens with one attached hydrogen (secondary N) is 2. The smallest absolute Gasteiger partial charge is 0.252 e. The van der Waals surface area contributed by atoms with Crippen LogP contribution < -0.4 is 10.0 Å². The Labute approximate surface area is 220 Å². The molecule has 0 bridgehead atoms. The molecule has 2 N–H and O–H groups in total. The van der Waals surface area contributed by atoms with Gasteiger partial charge in [-0.2, -0.15) is 9.03 Å². The second-order valence-corrected chi connectivity index (χ2v) is 14.4. The van der Waals surface area contributed by atoms with Gasteiger partial charge in [0.25, 0.3) is 20.0 Å². The molecule has 4 atom stereocenters. The molecule has 2 unspecified atom stereocenters. The number of fused-ring (bicyclic) bond motifs is 1. The standard InChI is InChI=1S/C23H41N3O7S3/c1-8-16(4)33-17(5)21(27)23(6,9-2)25-35(28,29)20-14-18-19(24-10-3)15-26(12-11-13-32-7)36(30,31)22(18)34-20/h14,16-17,19,24-25H,8-13,15H2,1-7H3/t16?,17-,19-,23?/m0/s1. The molecule has 1 aliphatic rings. The molecule has 10 nitrogen and oxygen atoms in total. The molecule has 1 aromatic rings. The summed E-state index contributed by atoms with van der Waals surface area (Å²) in [6, 6.07) is 1.07. The molecule has 0 aromatic carbocycles. The third kappa shape index (κ3) is 6.93. The summed E-state index contributed by atoms with van der Waals surface area (Å²) in [6.45, 7) is 12.0. The van der Waals surface area contributed by atoms with Crippen molar-refractivity contribution in [3.63, 3.8) is 0 Å². The normalized spacial score (nSPS) is 21.5. The molecule has 0 spiro atoms. The fourth-order valence-electron chi connectivity index (χ4n) is 4.08. The molecule has 0 fully saturated rings. The van der Waals surface area contributed by atoms with Crippen molar-refractivity contribution in [1.29, 1.82) is 0 Å². The van der Waals surface area contributed by atoms with Gasteiger partial charge in [-0.05, 0) is 52.6 Å². The highest BCUT2D eigenvalue weighted by Crippen LogP contribution is 2.40. The molecule has 2 rings (SSSR count). The molecule has 0 saturated heterocycles. The van der Waals surface area contributed by atoms with Crippen LogP contribution in [0.4, 0.5) is 0 Å². The fraction of sp³-hybridized carbons (Fsp3) is 0.783. The second-order valence-electron chi connectivity index (χ2n) is 9.28. The van der Waals surface area contributed by atoms with E-state index in [9.17, 15) is 21.6 Å². The van der Waals surface area contributed by atoms with Gasteiger partial charge in [0.15, 0.2) is 5.78 Å². The van der Waals surface area contributed by atoms with Crippen molar-refractivity contribution in [3.05, 3.63) is 11.6 Å². The molecule has 208 valence electrons. The first-order valence-electron chi connectivity index (χ1n) is 12.4. The molecule has 0 saturated carbocycles. The van der Waals surface area contributed by atoms with Crippen LogP contribution in [0.15, 0.2) is 14.5 Å². The summed E-state index contributed by atoms with van der Waals surface area (Å²) in [5.74, 6) is -0.377. The van der Waals surface area contributed by atoms with E-state index in [1.165, 1.54) is 17.3 Å². The molecular formula is C23H41N3O7S3. The Balaban J connectivity index is 2.41. The Kier molecular flexibility index (Phi) is 11.1. The van der Waals surface area contributed by atoms with Crippen LogP contribution >= 0.6 is 11.3 Å². The van der Waals surface area contributed by atoms with Crippen molar-refractivity contribution in [3.8, 4) is 0 Å². The van der Waals surface area contributed by atoms with E-state index in [0.717, 1.165) is 6.42 Å². The Morgan fingerprint density at radius 3 is 2.53 bits per heavy atom. The Morgan fingerprint density at radius 2 is 1.97 bits per heavy atom. The number of rotatable bonds is 15. The molecule has 0 aliphatic carbocycles. The summed E-state index contributed by atoms with van der Waals surface area (Å²) in [6.07, 6.45) is 0.497. The maximum Gasteiger partial charge on any atom is 0.252 e. The number of hydrogen-bond acceptors (Lipinski definition) is 9. The molecule has 0 amide bonds. The maximum absolute atomic E-state index is 13.5. The summed E-state index contributed by atoms with van der Waals surface area (Å²) >= 11 is 0.713. The first kappa shape index (κ1) is 31.3. The van der Waals surface area contributed by atoms with E-state index < -0.39 is 31.7 Å². The largest absolute Gasteiger partial charge is 0.385 e. The predicted octanol–water partition coefficient (Wildman–Crippen LogP) is 2.66. The Bertz CT molecular complexity index is 1100. The summed E-state index contributed by atoms with van der Waals surface area (Å²) in [5, 5.41) is 3.26. The van der Waals surface area contributed by atoms with E-state index >= 15 is 0 Å². The average molecular weight is 568 g/mol. The zero-order chi connectivity index (χ0) is 27.3. The second kappa shape index (κ2) is 12.7. The number of thiophene rings is 1. The number of methoxy groups -OCH3 is 1. The number of ketones is 1. The van der Waals surface area contributed by atoms with E-state index in [4.69, 9.17) is 9.47 Å². The van der Waals surface area contributed by atoms with Crippen LogP contribution in [0.25, 0.3) is 0 Å². The van der Waals surface area contributed by atoms with E-state index in [0.29, 0.717) is 36.5 Å². The monoisotopic (exact) mass is 567 g/mol. The summed E-state index contributed by atoms with van der Waals surface area (Å²) in [5.41, 5.74) is -0.981. The third-order valence-electron chi connectivity index (χ3n) is 6.50. The summed E-state index contributed by atoms with van der Waals surface area (Å²) in [7, 11) is -6.52. The van der Waals surface area contributed by atoms with E-state index in [1.807, 2.05) is 20.8 Å². The molecule has 13 heteroatoms. The quantitative estimate of drug-likeness (QED) is 0.309. The van der Waals surface area contributed by atoms with Crippen LogP contribution in [0.1, 0.15) is 72.4 Å². The van der Waals surface area contributed by atoms with Crippen LogP contribution in [0.3, 0.4) is 0 Å². The number of likely N-dealkylation sites (N-methyl/N-ethyl adjacent to an activating group) is 1. The van der Waals surface area contributed by atoms with Gasteiger partial charge in [0.2, 0.25) is 0 Å². The lowest BCUT2D eigenvalue weighted by atomic mass is 9.91. The lowest BCUT2D eigenvalue weighted by Gasteiger charge is -2.32. The minimum absolute atomic E-state index is 0.00971. The van der Waals surface area contributed by atoms with Crippen LogP contribution in [0.2, 0.25) is 0 Å².